The van der Waals surface area contributed by atoms with Crippen molar-refractivity contribution in [3.63, 3.8) is 0 Å². The molecule has 11 atom stereocenters. The number of rotatable bonds is 11. The van der Waals surface area contributed by atoms with Gasteiger partial charge >= 0.3 is 11.9 Å². The molecule has 0 spiro atoms. The zero-order valence-corrected chi connectivity index (χ0v) is 46.5. The Balaban J connectivity index is 1.13. The van der Waals surface area contributed by atoms with E-state index in [9.17, 15) is 43.2 Å². The number of hydrogen-bond acceptors (Lipinski definition) is 16. The molecule has 0 aromatic heterocycles. The fourth-order valence-electron chi connectivity index (χ4n) is 12.4. The highest BCUT2D eigenvalue weighted by atomic mass is 16.5. The average Bonchev–Trinajstić information content (AvgIpc) is 2.75. The van der Waals surface area contributed by atoms with E-state index in [2.05, 4.69) is 16.0 Å². The Morgan fingerprint density at radius 2 is 1.45 bits per heavy atom. The smallest absolute Gasteiger partial charge is 0.333 e. The Kier molecular flexibility index (Phi) is 16.9. The third kappa shape index (κ3) is 10.6. The number of esters is 2. The number of imide groups is 1. The van der Waals surface area contributed by atoms with Crippen LogP contribution in [0.3, 0.4) is 0 Å². The number of carbonyl (C=O) groups is 12. The summed E-state index contributed by atoms with van der Waals surface area (Å²) in [7, 11) is 5.17. The van der Waals surface area contributed by atoms with Gasteiger partial charge in [-0.3, -0.25) is 57.6 Å². The molecule has 0 aliphatic carbocycles. The SMILES string of the molecule is CCOC(=O)CN1[C@@H]2C=CC(=O)[C@@]1(C(=O)N[C@@H]1C(=O)N[C@H](CC)C(=O)N3CCC[C@H]3C(=O)N(C)[C@@H](Cc3ccc(N(C)C)cc3)C(=O)N3CCC(=O)C[C@H]3C(=O)N[C@@H](c3ccccc3)C(=O)O[C@@H]1C)[C@@H]1C(=O)N(c3ccccc3)C(=O)[C@H]21. The summed E-state index contributed by atoms with van der Waals surface area (Å²) in [5, 5.41) is 7.93. The second-order valence-corrected chi connectivity index (χ2v) is 21.6. The van der Waals surface area contributed by atoms with Crippen LogP contribution < -0.4 is 25.8 Å². The Morgan fingerprint density at radius 1 is 0.780 bits per heavy atom. The van der Waals surface area contributed by atoms with Crippen LogP contribution >= 0.6 is 0 Å². The van der Waals surface area contributed by atoms with Crippen molar-refractivity contribution in [2.24, 2.45) is 11.8 Å². The minimum Gasteiger partial charge on any atom is -0.465 e. The maximum absolute atomic E-state index is 15.7. The van der Waals surface area contributed by atoms with Crippen LogP contribution in [0.25, 0.3) is 0 Å². The minimum atomic E-state index is -2.70. The van der Waals surface area contributed by atoms with Crippen LogP contribution in [0.2, 0.25) is 0 Å². The standard InChI is InChI=1S/C59H67N9O14/c1-7-39-52(74)65-28-15-20-41(65)53(75)64(6)43(30-34-21-23-36(24-22-34)63(4)5)54(76)66-29-27-38(69)31-42(66)50(72)61-49(35-16-11-9-12-17-35)57(79)82-33(3)48(51(73)60-39)62-58(80)59-44(70)26-25-40(67(59)32-45(71)81-8-2)46-47(59)56(78)68(55(46)77)37-18-13-10-14-19-37/h9-14,16-19,21-26,33,39-43,46-49H,7-8,15,20,27-32H2,1-6H3,(H,60,73)(H,61,72)(H,62,80)/t33-,39-,40-,41+,42+,43+,46-,47+,48+,49+,59+/m1/s1. The van der Waals surface area contributed by atoms with Gasteiger partial charge in [-0.2, -0.15) is 0 Å². The zero-order valence-electron chi connectivity index (χ0n) is 46.5. The number of carbonyl (C=O) groups excluding carboxylic acids is 12. The van der Waals surface area contributed by atoms with E-state index >= 15 is 14.4 Å². The summed E-state index contributed by atoms with van der Waals surface area (Å²) >= 11 is 0. The highest BCUT2D eigenvalue weighted by Gasteiger charge is 2.75. The number of ether oxygens (including phenoxy) is 2. The van der Waals surface area contributed by atoms with Gasteiger partial charge in [-0.1, -0.05) is 73.7 Å². The highest BCUT2D eigenvalue weighted by molar-refractivity contribution is 6.30. The summed E-state index contributed by atoms with van der Waals surface area (Å²) in [6, 6.07) is 12.7. The van der Waals surface area contributed by atoms with Crippen LogP contribution in [0.5, 0.6) is 0 Å². The van der Waals surface area contributed by atoms with E-state index in [4.69, 9.17) is 9.47 Å². The predicted molar refractivity (Wildman–Crippen MR) is 292 cm³/mol. The molecular weight excluding hydrogens is 1060 g/mol. The van der Waals surface area contributed by atoms with Crippen molar-refractivity contribution in [3.05, 3.63) is 108 Å². The van der Waals surface area contributed by atoms with Gasteiger partial charge in [0.15, 0.2) is 17.4 Å². The maximum atomic E-state index is 15.7. The van der Waals surface area contributed by atoms with E-state index in [1.165, 1.54) is 65.9 Å². The molecule has 82 heavy (non-hydrogen) atoms. The number of Topliss-reactive ketones (excluding diaryl/α,β-unsaturated/α-hetero) is 1. The number of fused-ring (bicyclic) bond motifs is 7. The Bertz CT molecular complexity index is 3100. The molecule has 6 aliphatic heterocycles. The molecule has 5 fully saturated rings. The quantitative estimate of drug-likeness (QED) is 0.136. The fraction of sp³-hybridized carbons (Fsp3) is 0.458. The molecule has 3 N–H and O–H groups in total. The van der Waals surface area contributed by atoms with Crippen molar-refractivity contribution in [1.82, 2.24) is 35.6 Å². The molecule has 0 saturated carbocycles. The molecule has 0 radical (unpaired) electrons. The predicted octanol–water partition coefficient (Wildman–Crippen LogP) is 0.786. The average molecular weight is 1130 g/mol. The van der Waals surface area contributed by atoms with Gasteiger partial charge in [0.05, 0.1) is 30.7 Å². The number of para-hydroxylation sites is 1. The number of cyclic esters (lactones) is 1. The number of amides is 8. The molecule has 2 bridgehead atoms. The first-order chi connectivity index (χ1) is 39.2. The van der Waals surface area contributed by atoms with Crippen molar-refractivity contribution in [3.8, 4) is 0 Å². The summed E-state index contributed by atoms with van der Waals surface area (Å²) in [6.45, 7) is 3.35. The Hall–Kier alpha value is -8.60. The number of anilines is 2. The van der Waals surface area contributed by atoms with E-state index in [1.54, 1.807) is 43.3 Å². The van der Waals surface area contributed by atoms with Crippen molar-refractivity contribution < 1.29 is 67.0 Å². The van der Waals surface area contributed by atoms with Gasteiger partial charge < -0.3 is 45.0 Å². The summed E-state index contributed by atoms with van der Waals surface area (Å²) in [5.41, 5.74) is -0.864. The molecule has 9 rings (SSSR count). The number of nitrogens with one attached hydrogen (secondary N) is 3. The van der Waals surface area contributed by atoms with Crippen LogP contribution in [0.1, 0.15) is 70.0 Å². The highest BCUT2D eigenvalue weighted by Crippen LogP contribution is 2.53. The molecule has 23 nitrogen and oxygen atoms in total. The van der Waals surface area contributed by atoms with Gasteiger partial charge in [0.1, 0.15) is 42.1 Å². The molecule has 432 valence electrons. The molecule has 3 aromatic carbocycles. The fourth-order valence-corrected chi connectivity index (χ4v) is 12.4. The van der Waals surface area contributed by atoms with Crippen LogP contribution in [-0.4, -0.2) is 186 Å². The first-order valence-corrected chi connectivity index (χ1v) is 27.6. The number of nitrogens with zero attached hydrogens (tertiary/aromatic N) is 6. The molecule has 6 heterocycles. The largest absolute Gasteiger partial charge is 0.465 e. The van der Waals surface area contributed by atoms with Gasteiger partial charge in [-0.15, -0.1) is 0 Å². The van der Waals surface area contributed by atoms with Gasteiger partial charge in [0.2, 0.25) is 47.3 Å². The van der Waals surface area contributed by atoms with Crippen LogP contribution in [0, 0.1) is 11.8 Å². The molecule has 3 aromatic rings. The van der Waals surface area contributed by atoms with Crippen LogP contribution in [0.15, 0.2) is 97.1 Å². The van der Waals surface area contributed by atoms with Crippen LogP contribution in [0.4, 0.5) is 11.4 Å². The second-order valence-electron chi connectivity index (χ2n) is 21.6. The van der Waals surface area contributed by atoms with E-state index < -0.39 is 144 Å². The van der Waals surface area contributed by atoms with E-state index in [-0.39, 0.29) is 62.4 Å². The lowest BCUT2D eigenvalue weighted by atomic mass is 9.77. The topological polar surface area (TPSA) is 279 Å². The number of piperidine rings is 1. The van der Waals surface area contributed by atoms with Gasteiger partial charge in [0, 0.05) is 65.2 Å². The van der Waals surface area contributed by atoms with Gasteiger partial charge in [0.25, 0.3) is 0 Å². The monoisotopic (exact) mass is 1130 g/mol. The molecule has 23 heteroatoms. The molecular formula is C59H67N9O14. The van der Waals surface area contributed by atoms with E-state index in [1.807, 2.05) is 43.3 Å². The lowest BCUT2D eigenvalue weighted by Gasteiger charge is -2.42. The van der Waals surface area contributed by atoms with Crippen molar-refractivity contribution in [1.29, 1.82) is 0 Å². The number of likely N-dealkylation sites (N-methyl/N-ethyl adjacent to an activating group) is 1. The molecule has 8 amide bonds. The maximum Gasteiger partial charge on any atom is 0.333 e. The normalized spacial score (nSPS) is 29.2. The first-order valence-electron chi connectivity index (χ1n) is 27.6. The molecule has 5 saturated heterocycles. The lowest BCUT2D eigenvalue weighted by Crippen LogP contribution is -2.70. The van der Waals surface area contributed by atoms with E-state index in [0.717, 1.165) is 21.6 Å². The Labute approximate surface area is 473 Å². The third-order valence-electron chi connectivity index (χ3n) is 16.6. The number of hydrogen-bond donors (Lipinski definition) is 3. The van der Waals surface area contributed by atoms with Crippen molar-refractivity contribution in [2.45, 2.75) is 113 Å². The summed E-state index contributed by atoms with van der Waals surface area (Å²) in [5.74, 6) is -13.7. The summed E-state index contributed by atoms with van der Waals surface area (Å²) in [4.78, 5) is 184. The van der Waals surface area contributed by atoms with Gasteiger partial charge in [-0.25, -0.2) is 9.69 Å². The second kappa shape index (κ2) is 23.9. The molecule has 0 unspecified atom stereocenters. The van der Waals surface area contributed by atoms with Crippen molar-refractivity contribution in [2.75, 3.05) is 57.2 Å². The minimum absolute atomic E-state index is 0.0343. The molecule has 6 aliphatic rings. The zero-order chi connectivity index (χ0) is 58.9. The third-order valence-corrected chi connectivity index (χ3v) is 16.6. The number of benzene rings is 3. The van der Waals surface area contributed by atoms with Gasteiger partial charge in [-0.05, 0) is 74.6 Å². The van der Waals surface area contributed by atoms with E-state index in [0.29, 0.717) is 12.0 Å². The first kappa shape index (κ1) is 58.1. The van der Waals surface area contributed by atoms with Crippen molar-refractivity contribution >= 4 is 82.1 Å². The summed E-state index contributed by atoms with van der Waals surface area (Å²) in [6.07, 6.45) is 0.464. The summed E-state index contributed by atoms with van der Waals surface area (Å²) < 4.78 is 11.3. The van der Waals surface area contributed by atoms with Crippen LogP contribution in [-0.2, 0) is 73.4 Å². The lowest BCUT2D eigenvalue weighted by molar-refractivity contribution is -0.160. The Morgan fingerprint density at radius 3 is 2.11 bits per heavy atom. The number of ketones is 2.